The van der Waals surface area contributed by atoms with E-state index in [1.165, 1.54) is 5.56 Å². The van der Waals surface area contributed by atoms with Gasteiger partial charge >= 0.3 is 0 Å². The molecule has 1 saturated heterocycles. The van der Waals surface area contributed by atoms with Gasteiger partial charge in [-0.2, -0.15) is 0 Å². The van der Waals surface area contributed by atoms with Gasteiger partial charge in [-0.3, -0.25) is 19.5 Å². The number of H-pyrrole nitrogens is 1. The molecule has 1 fully saturated rings. The number of benzene rings is 1. The third-order valence-corrected chi connectivity index (χ3v) is 5.68. The van der Waals surface area contributed by atoms with Crippen molar-refractivity contribution in [2.45, 2.75) is 20.3 Å². The van der Waals surface area contributed by atoms with Crippen molar-refractivity contribution in [3.05, 3.63) is 75.3 Å². The lowest BCUT2D eigenvalue weighted by Gasteiger charge is -2.34. The van der Waals surface area contributed by atoms with E-state index in [2.05, 4.69) is 14.9 Å². The van der Waals surface area contributed by atoms with Gasteiger partial charge in [0.1, 0.15) is 5.56 Å². The topological polar surface area (TPSA) is 69.3 Å². The van der Waals surface area contributed by atoms with Gasteiger partial charge in [0.25, 0.3) is 5.91 Å². The van der Waals surface area contributed by atoms with Gasteiger partial charge in [-0.05, 0) is 55.2 Å². The molecule has 29 heavy (non-hydrogen) atoms. The number of hydrogen-bond donors (Lipinski definition) is 1. The molecule has 6 heteroatoms. The summed E-state index contributed by atoms with van der Waals surface area (Å²) in [6.45, 7) is 7.79. The number of aromatic amines is 1. The minimum Gasteiger partial charge on any atom is -0.360 e. The van der Waals surface area contributed by atoms with Crippen LogP contribution in [0.4, 0.5) is 0 Å². The summed E-state index contributed by atoms with van der Waals surface area (Å²) < 4.78 is 0. The number of carbonyl (C=O) groups is 1. The zero-order valence-corrected chi connectivity index (χ0v) is 16.9. The molecule has 0 atom stereocenters. The summed E-state index contributed by atoms with van der Waals surface area (Å²) in [5, 5.41) is 0.609. The monoisotopic (exact) mass is 390 g/mol. The number of carbonyl (C=O) groups excluding carboxylic acids is 1. The van der Waals surface area contributed by atoms with Crippen molar-refractivity contribution in [3.63, 3.8) is 0 Å². The van der Waals surface area contributed by atoms with Crippen LogP contribution >= 0.6 is 0 Å². The predicted octanol–water partition coefficient (Wildman–Crippen LogP) is 2.54. The van der Waals surface area contributed by atoms with E-state index in [4.69, 9.17) is 0 Å². The van der Waals surface area contributed by atoms with Crippen LogP contribution in [0.25, 0.3) is 10.9 Å². The molecule has 6 nitrogen and oxygen atoms in total. The molecule has 3 heterocycles. The lowest BCUT2D eigenvalue weighted by Crippen LogP contribution is -2.49. The Balaban J connectivity index is 1.43. The molecule has 2 aromatic heterocycles. The van der Waals surface area contributed by atoms with E-state index in [1.54, 1.807) is 11.1 Å². The highest BCUT2D eigenvalue weighted by atomic mass is 16.2. The van der Waals surface area contributed by atoms with Crippen LogP contribution in [0.2, 0.25) is 0 Å². The van der Waals surface area contributed by atoms with Gasteiger partial charge in [0.15, 0.2) is 0 Å². The SMILES string of the molecule is Cc1cc(C)c2c(=O)c(C(=O)N3CCN(CCc4ccncc4)CC3)c[nH]c2c1. The van der Waals surface area contributed by atoms with E-state index in [-0.39, 0.29) is 16.9 Å². The summed E-state index contributed by atoms with van der Waals surface area (Å²) in [4.78, 5) is 37.3. The van der Waals surface area contributed by atoms with Gasteiger partial charge in [0.05, 0.1) is 0 Å². The number of nitrogens with one attached hydrogen (secondary N) is 1. The summed E-state index contributed by atoms with van der Waals surface area (Å²) in [5.41, 5.74) is 4.09. The fraction of sp³-hybridized carbons (Fsp3) is 0.348. The molecule has 1 amide bonds. The first-order valence-electron chi connectivity index (χ1n) is 10.1. The summed E-state index contributed by atoms with van der Waals surface area (Å²) >= 11 is 0. The second kappa shape index (κ2) is 8.17. The number of rotatable bonds is 4. The Labute approximate surface area is 170 Å². The third kappa shape index (κ3) is 4.07. The highest BCUT2D eigenvalue weighted by Gasteiger charge is 2.24. The van der Waals surface area contributed by atoms with Crippen molar-refractivity contribution < 1.29 is 4.79 Å². The Hall–Kier alpha value is -2.99. The average Bonchev–Trinajstić information content (AvgIpc) is 2.73. The van der Waals surface area contributed by atoms with Crippen LogP contribution in [0.3, 0.4) is 0 Å². The van der Waals surface area contributed by atoms with Gasteiger partial charge in [-0.25, -0.2) is 0 Å². The first kappa shape index (κ1) is 19.3. The summed E-state index contributed by atoms with van der Waals surface area (Å²) in [6.07, 6.45) is 6.17. The van der Waals surface area contributed by atoms with Crippen molar-refractivity contribution in [2.24, 2.45) is 0 Å². The zero-order valence-electron chi connectivity index (χ0n) is 16.9. The van der Waals surface area contributed by atoms with E-state index in [0.717, 1.165) is 42.7 Å². The fourth-order valence-corrected chi connectivity index (χ4v) is 4.07. The molecule has 1 aliphatic heterocycles. The summed E-state index contributed by atoms with van der Waals surface area (Å²) in [7, 11) is 0. The summed E-state index contributed by atoms with van der Waals surface area (Å²) in [5.74, 6) is -0.179. The normalized spacial score (nSPS) is 15.0. The molecule has 0 spiro atoms. The fourth-order valence-electron chi connectivity index (χ4n) is 4.07. The molecule has 1 aromatic carbocycles. The highest BCUT2D eigenvalue weighted by Crippen LogP contribution is 2.17. The molecule has 0 aliphatic carbocycles. The molecule has 150 valence electrons. The Morgan fingerprint density at radius 2 is 1.83 bits per heavy atom. The van der Waals surface area contributed by atoms with Gasteiger partial charge in [-0.15, -0.1) is 0 Å². The lowest BCUT2D eigenvalue weighted by atomic mass is 10.0. The van der Waals surface area contributed by atoms with E-state index >= 15 is 0 Å². The van der Waals surface area contributed by atoms with Crippen LogP contribution in [0.15, 0.2) is 47.7 Å². The minimum absolute atomic E-state index is 0.179. The van der Waals surface area contributed by atoms with Crippen molar-refractivity contribution >= 4 is 16.8 Å². The smallest absolute Gasteiger partial charge is 0.259 e. The van der Waals surface area contributed by atoms with E-state index in [9.17, 15) is 9.59 Å². The second-order valence-electron chi connectivity index (χ2n) is 7.78. The Bertz CT molecular complexity index is 1080. The molecule has 4 rings (SSSR count). The predicted molar refractivity (Wildman–Crippen MR) is 114 cm³/mol. The molecule has 3 aromatic rings. The Morgan fingerprint density at radius 1 is 1.10 bits per heavy atom. The van der Waals surface area contributed by atoms with Crippen molar-refractivity contribution in [1.82, 2.24) is 19.8 Å². The molecule has 1 aliphatic rings. The number of amides is 1. The van der Waals surface area contributed by atoms with Gasteiger partial charge in [0.2, 0.25) is 5.43 Å². The maximum atomic E-state index is 13.0. The minimum atomic E-state index is -0.179. The van der Waals surface area contributed by atoms with E-state index in [1.807, 2.05) is 50.5 Å². The van der Waals surface area contributed by atoms with Crippen LogP contribution < -0.4 is 5.43 Å². The molecule has 0 unspecified atom stereocenters. The van der Waals surface area contributed by atoms with Crippen LogP contribution in [0.5, 0.6) is 0 Å². The number of pyridine rings is 2. The largest absolute Gasteiger partial charge is 0.360 e. The average molecular weight is 390 g/mol. The zero-order chi connectivity index (χ0) is 20.4. The highest BCUT2D eigenvalue weighted by molar-refractivity contribution is 5.97. The first-order chi connectivity index (χ1) is 14.0. The first-order valence-corrected chi connectivity index (χ1v) is 10.1. The molecular weight excluding hydrogens is 364 g/mol. The maximum Gasteiger partial charge on any atom is 0.259 e. The van der Waals surface area contributed by atoms with Crippen LogP contribution in [0.1, 0.15) is 27.0 Å². The number of aryl methyl sites for hydroxylation is 2. The number of aromatic nitrogens is 2. The molecule has 0 bridgehead atoms. The number of fused-ring (bicyclic) bond motifs is 1. The van der Waals surface area contributed by atoms with E-state index < -0.39 is 0 Å². The number of nitrogens with zero attached hydrogens (tertiary/aromatic N) is 3. The lowest BCUT2D eigenvalue weighted by molar-refractivity contribution is 0.0637. The maximum absolute atomic E-state index is 13.0. The third-order valence-electron chi connectivity index (χ3n) is 5.68. The molecule has 0 saturated carbocycles. The van der Waals surface area contributed by atoms with Crippen LogP contribution in [-0.4, -0.2) is 58.4 Å². The quantitative estimate of drug-likeness (QED) is 0.743. The van der Waals surface area contributed by atoms with Gasteiger partial charge in [-0.1, -0.05) is 6.07 Å². The Kier molecular flexibility index (Phi) is 5.45. The van der Waals surface area contributed by atoms with Gasteiger partial charge < -0.3 is 9.88 Å². The van der Waals surface area contributed by atoms with E-state index in [0.29, 0.717) is 18.5 Å². The van der Waals surface area contributed by atoms with Crippen molar-refractivity contribution in [3.8, 4) is 0 Å². The number of piperazine rings is 1. The van der Waals surface area contributed by atoms with Crippen LogP contribution in [-0.2, 0) is 6.42 Å². The van der Waals surface area contributed by atoms with Gasteiger partial charge in [0, 0.05) is 62.2 Å². The standard InChI is InChI=1S/C23H26N4O2/c1-16-13-17(2)21-20(14-16)25-15-19(22(21)28)23(29)27-11-9-26(10-12-27)8-5-18-3-6-24-7-4-18/h3-4,6-7,13-15H,5,8-12H2,1-2H3,(H,25,28). The molecule has 1 N–H and O–H groups in total. The van der Waals surface area contributed by atoms with Crippen molar-refractivity contribution in [1.29, 1.82) is 0 Å². The summed E-state index contributed by atoms with van der Waals surface area (Å²) in [6, 6.07) is 8.00. The molecule has 0 radical (unpaired) electrons. The second-order valence-corrected chi connectivity index (χ2v) is 7.78. The van der Waals surface area contributed by atoms with Crippen molar-refractivity contribution in [2.75, 3.05) is 32.7 Å². The van der Waals surface area contributed by atoms with Crippen LogP contribution in [0, 0.1) is 13.8 Å². The molecular formula is C23H26N4O2. The number of hydrogen-bond acceptors (Lipinski definition) is 4. The Morgan fingerprint density at radius 3 is 2.55 bits per heavy atom.